The van der Waals surface area contributed by atoms with Crippen molar-refractivity contribution in [3.8, 4) is 0 Å². The molecule has 0 saturated heterocycles. The Morgan fingerprint density at radius 1 is 1.17 bits per heavy atom. The third-order valence-electron chi connectivity index (χ3n) is 2.11. The summed E-state index contributed by atoms with van der Waals surface area (Å²) in [6.07, 6.45) is 0. The van der Waals surface area contributed by atoms with Gasteiger partial charge in [0.1, 0.15) is 0 Å². The first kappa shape index (κ1) is 12.0. The minimum absolute atomic E-state index is 0.381. The van der Waals surface area contributed by atoms with E-state index in [1.165, 1.54) is 0 Å². The topological polar surface area (TPSA) is 29.5 Å². The van der Waals surface area contributed by atoms with Crippen molar-refractivity contribution in [1.29, 1.82) is 0 Å². The van der Waals surface area contributed by atoms with Crippen molar-refractivity contribution in [2.24, 2.45) is 0 Å². The lowest BCUT2D eigenvalue weighted by Gasteiger charge is -2.38. The minimum Gasteiger partial charge on any atom is -0.433 e. The van der Waals surface area contributed by atoms with E-state index >= 15 is 0 Å². The molecule has 0 aromatic carbocycles. The van der Waals surface area contributed by atoms with Gasteiger partial charge in [-0.1, -0.05) is 13.8 Å². The highest BCUT2D eigenvalue weighted by molar-refractivity contribution is 6.29. The highest BCUT2D eigenvalue weighted by Gasteiger charge is 2.35. The van der Waals surface area contributed by atoms with Crippen LogP contribution in [0.2, 0.25) is 5.82 Å². The van der Waals surface area contributed by atoms with Gasteiger partial charge in [0, 0.05) is 0 Å². The lowest BCUT2D eigenvalue weighted by atomic mass is 9.80. The summed E-state index contributed by atoms with van der Waals surface area (Å²) in [7, 11) is 1.76. The second-order valence-corrected chi connectivity index (χ2v) is 4.57. The Kier molecular flexibility index (Phi) is 3.79. The highest BCUT2D eigenvalue weighted by atomic mass is 16.5. The molecule has 0 rings (SSSR count). The minimum atomic E-state index is -0.821. The number of aliphatic hydroxyl groups is 1. The van der Waals surface area contributed by atoms with Crippen molar-refractivity contribution in [3.63, 3.8) is 0 Å². The van der Waals surface area contributed by atoms with Gasteiger partial charge in [-0.15, -0.1) is 0 Å². The van der Waals surface area contributed by atoms with Crippen molar-refractivity contribution >= 4 is 7.48 Å². The van der Waals surface area contributed by atoms with E-state index in [1.54, 1.807) is 21.3 Å². The summed E-state index contributed by atoms with van der Waals surface area (Å²) in [6.45, 7) is 11.3. The van der Waals surface area contributed by atoms with Gasteiger partial charge in [-0.05, 0) is 33.5 Å². The van der Waals surface area contributed by atoms with Crippen LogP contribution >= 0.6 is 0 Å². The molecule has 12 heavy (non-hydrogen) atoms. The molecule has 0 saturated carbocycles. The summed E-state index contributed by atoms with van der Waals surface area (Å²) in [5.41, 5.74) is -1.35. The highest BCUT2D eigenvalue weighted by Crippen LogP contribution is 2.25. The SMILES string of the molecule is CC(C)[B]OC(C)(C)C(C)(C)O. The average Bonchev–Trinajstić information content (AvgIpc) is 1.81. The van der Waals surface area contributed by atoms with Crippen LogP contribution in [-0.2, 0) is 4.65 Å². The van der Waals surface area contributed by atoms with Crippen LogP contribution < -0.4 is 0 Å². The molecule has 0 bridgehead atoms. The first-order valence-electron chi connectivity index (χ1n) is 4.40. The number of hydrogen-bond donors (Lipinski definition) is 1. The maximum absolute atomic E-state index is 9.71. The van der Waals surface area contributed by atoms with Crippen molar-refractivity contribution in [2.45, 2.75) is 58.6 Å². The third kappa shape index (κ3) is 3.59. The normalized spacial score (nSPS) is 13.7. The Bertz CT molecular complexity index is 136. The van der Waals surface area contributed by atoms with Crippen LogP contribution in [0.3, 0.4) is 0 Å². The van der Waals surface area contributed by atoms with Gasteiger partial charge in [0.15, 0.2) is 0 Å². The maximum atomic E-state index is 9.71. The molecule has 2 nitrogen and oxygen atoms in total. The van der Waals surface area contributed by atoms with Crippen LogP contribution in [-0.4, -0.2) is 23.8 Å². The predicted octanol–water partition coefficient (Wildman–Crippen LogP) is 2.00. The van der Waals surface area contributed by atoms with E-state index in [9.17, 15) is 5.11 Å². The first-order chi connectivity index (χ1) is 5.17. The molecule has 0 spiro atoms. The monoisotopic (exact) mass is 171 g/mol. The summed E-state index contributed by atoms with van der Waals surface area (Å²) in [6, 6.07) is 0. The Hall–Kier alpha value is -0.0151. The molecule has 1 N–H and O–H groups in total. The van der Waals surface area contributed by atoms with Crippen molar-refractivity contribution in [2.75, 3.05) is 0 Å². The molecule has 0 fully saturated rings. The zero-order chi connectivity index (χ0) is 9.99. The van der Waals surface area contributed by atoms with E-state index in [-0.39, 0.29) is 0 Å². The average molecular weight is 171 g/mol. The summed E-state index contributed by atoms with van der Waals surface area (Å²) < 4.78 is 5.48. The van der Waals surface area contributed by atoms with Gasteiger partial charge in [-0.3, -0.25) is 0 Å². The van der Waals surface area contributed by atoms with Crippen LogP contribution in [0, 0.1) is 0 Å². The van der Waals surface area contributed by atoms with Crippen molar-refractivity contribution < 1.29 is 9.76 Å². The van der Waals surface area contributed by atoms with Gasteiger partial charge in [-0.25, -0.2) is 0 Å². The van der Waals surface area contributed by atoms with Crippen LogP contribution in [0.5, 0.6) is 0 Å². The van der Waals surface area contributed by atoms with E-state index in [4.69, 9.17) is 4.65 Å². The van der Waals surface area contributed by atoms with Crippen LogP contribution in [0.1, 0.15) is 41.5 Å². The molecule has 0 unspecified atom stereocenters. The van der Waals surface area contributed by atoms with E-state index in [0.29, 0.717) is 5.82 Å². The second kappa shape index (κ2) is 3.80. The maximum Gasteiger partial charge on any atom is 0.296 e. The number of rotatable bonds is 4. The van der Waals surface area contributed by atoms with Crippen molar-refractivity contribution in [1.82, 2.24) is 0 Å². The third-order valence-corrected chi connectivity index (χ3v) is 2.11. The summed E-state index contributed by atoms with van der Waals surface area (Å²) >= 11 is 0. The Morgan fingerprint density at radius 3 is 1.83 bits per heavy atom. The molecule has 71 valence electrons. The lowest BCUT2D eigenvalue weighted by molar-refractivity contribution is -0.0908. The largest absolute Gasteiger partial charge is 0.433 e. The fraction of sp³-hybridized carbons (Fsp3) is 1.00. The summed E-state index contributed by atoms with van der Waals surface area (Å²) in [5, 5.41) is 9.71. The van der Waals surface area contributed by atoms with E-state index in [0.717, 1.165) is 0 Å². The predicted molar refractivity (Wildman–Crippen MR) is 52.3 cm³/mol. The van der Waals surface area contributed by atoms with Gasteiger partial charge in [0.05, 0.1) is 11.2 Å². The lowest BCUT2D eigenvalue weighted by Crippen LogP contribution is -2.48. The zero-order valence-corrected chi connectivity index (χ0v) is 9.01. The fourth-order valence-corrected chi connectivity index (χ4v) is 0.450. The fourth-order valence-electron chi connectivity index (χ4n) is 0.450. The van der Waals surface area contributed by atoms with Gasteiger partial charge in [0.25, 0.3) is 7.48 Å². The Balaban J connectivity index is 4.05. The second-order valence-electron chi connectivity index (χ2n) is 4.57. The smallest absolute Gasteiger partial charge is 0.296 e. The van der Waals surface area contributed by atoms with E-state index < -0.39 is 11.2 Å². The van der Waals surface area contributed by atoms with Crippen LogP contribution in [0.25, 0.3) is 0 Å². The van der Waals surface area contributed by atoms with Crippen molar-refractivity contribution in [3.05, 3.63) is 0 Å². The number of hydrogen-bond acceptors (Lipinski definition) is 2. The van der Waals surface area contributed by atoms with Gasteiger partial charge >= 0.3 is 0 Å². The summed E-state index contributed by atoms with van der Waals surface area (Å²) in [5.74, 6) is 0.381. The van der Waals surface area contributed by atoms with Gasteiger partial charge < -0.3 is 9.76 Å². The zero-order valence-electron chi connectivity index (χ0n) is 9.01. The Morgan fingerprint density at radius 2 is 1.58 bits per heavy atom. The van der Waals surface area contributed by atoms with Crippen LogP contribution in [0.15, 0.2) is 0 Å². The molecule has 0 amide bonds. The van der Waals surface area contributed by atoms with E-state index in [2.05, 4.69) is 0 Å². The first-order valence-corrected chi connectivity index (χ1v) is 4.40. The molecule has 0 aliphatic heterocycles. The van der Waals surface area contributed by atoms with Gasteiger partial charge in [0.2, 0.25) is 0 Å². The molecule has 0 aliphatic carbocycles. The summed E-state index contributed by atoms with van der Waals surface area (Å²) in [4.78, 5) is 0. The standard InChI is InChI=1S/C9H20BO2/c1-7(2)10-12-9(5,6)8(3,4)11/h7,11H,1-6H3. The molecule has 0 aliphatic rings. The van der Waals surface area contributed by atoms with Crippen LogP contribution in [0.4, 0.5) is 0 Å². The van der Waals surface area contributed by atoms with E-state index in [1.807, 2.05) is 27.7 Å². The molecule has 0 aromatic rings. The van der Waals surface area contributed by atoms with Gasteiger partial charge in [-0.2, -0.15) is 0 Å². The molecule has 3 heteroatoms. The Labute approximate surface area is 76.6 Å². The molecule has 0 aromatic heterocycles. The molecular weight excluding hydrogens is 151 g/mol. The molecule has 1 radical (unpaired) electrons. The molecule has 0 atom stereocenters. The quantitative estimate of drug-likeness (QED) is 0.655. The molecule has 0 heterocycles. The molecular formula is C9H20BO2.